The van der Waals surface area contributed by atoms with Crippen LogP contribution in [0.4, 0.5) is 4.39 Å². The lowest BCUT2D eigenvalue weighted by Crippen LogP contribution is -2.46. The predicted molar refractivity (Wildman–Crippen MR) is 74.3 cm³/mol. The molecule has 1 amide bonds. The third-order valence-electron chi connectivity index (χ3n) is 4.50. The van der Waals surface area contributed by atoms with E-state index in [1.807, 2.05) is 6.92 Å². The Kier molecular flexibility index (Phi) is 3.49. The Labute approximate surface area is 123 Å². The van der Waals surface area contributed by atoms with Crippen LogP contribution in [0.3, 0.4) is 0 Å². The molecule has 2 saturated heterocycles. The lowest BCUT2D eigenvalue weighted by atomic mass is 9.81. The van der Waals surface area contributed by atoms with Gasteiger partial charge in [0.15, 0.2) is 0 Å². The van der Waals surface area contributed by atoms with E-state index < -0.39 is 15.8 Å². The van der Waals surface area contributed by atoms with E-state index in [-0.39, 0.29) is 28.6 Å². The van der Waals surface area contributed by atoms with Crippen LogP contribution in [0.1, 0.15) is 6.92 Å². The molecule has 3 rings (SSSR count). The van der Waals surface area contributed by atoms with Gasteiger partial charge in [-0.2, -0.15) is 4.31 Å². The molecule has 2 aliphatic rings. The van der Waals surface area contributed by atoms with Crippen molar-refractivity contribution in [3.63, 3.8) is 0 Å². The molecular formula is C14H17FN2O3S. The second kappa shape index (κ2) is 5.06. The fourth-order valence-electron chi connectivity index (χ4n) is 3.18. The van der Waals surface area contributed by atoms with Crippen molar-refractivity contribution in [2.24, 2.45) is 17.8 Å². The van der Waals surface area contributed by atoms with Gasteiger partial charge in [-0.1, -0.05) is 6.92 Å². The van der Waals surface area contributed by atoms with Crippen LogP contribution in [0.15, 0.2) is 29.2 Å². The zero-order valence-electron chi connectivity index (χ0n) is 11.6. The minimum atomic E-state index is -3.63. The summed E-state index contributed by atoms with van der Waals surface area (Å²) in [5.74, 6) is -0.469. The molecule has 5 nitrogen and oxygen atoms in total. The van der Waals surface area contributed by atoms with Crippen molar-refractivity contribution in [3.05, 3.63) is 30.1 Å². The number of benzene rings is 1. The molecular weight excluding hydrogens is 295 g/mol. The number of piperidine rings is 1. The minimum Gasteiger partial charge on any atom is -0.356 e. The standard InChI is InChI=1S/C14H17FN2O3S/c1-9-13-8-17(7-10(13)6-16-14(9)18)21(19,20)12-4-2-11(15)3-5-12/h2-5,9-10,13H,6-8H2,1H3,(H,16,18)/t9-,10-,13-/m0/s1. The highest BCUT2D eigenvalue weighted by Gasteiger charge is 2.45. The number of rotatable bonds is 2. The molecule has 7 heteroatoms. The second-order valence-electron chi connectivity index (χ2n) is 5.73. The summed E-state index contributed by atoms with van der Waals surface area (Å²) in [5, 5.41) is 2.81. The lowest BCUT2D eigenvalue weighted by Gasteiger charge is -2.29. The van der Waals surface area contributed by atoms with E-state index in [0.29, 0.717) is 19.6 Å². The van der Waals surface area contributed by atoms with Gasteiger partial charge in [-0.3, -0.25) is 4.79 Å². The van der Waals surface area contributed by atoms with E-state index in [1.54, 1.807) is 0 Å². The number of carbonyl (C=O) groups excluding carboxylic acids is 1. The first-order valence-corrected chi connectivity index (χ1v) is 8.37. The van der Waals surface area contributed by atoms with Gasteiger partial charge in [-0.25, -0.2) is 12.8 Å². The Morgan fingerprint density at radius 1 is 1.24 bits per heavy atom. The highest BCUT2D eigenvalue weighted by molar-refractivity contribution is 7.89. The monoisotopic (exact) mass is 312 g/mol. The van der Waals surface area contributed by atoms with Crippen molar-refractivity contribution < 1.29 is 17.6 Å². The molecule has 21 heavy (non-hydrogen) atoms. The molecule has 0 spiro atoms. The predicted octanol–water partition coefficient (Wildman–Crippen LogP) is 0.828. The topological polar surface area (TPSA) is 66.5 Å². The average molecular weight is 312 g/mol. The zero-order valence-corrected chi connectivity index (χ0v) is 12.4. The first-order valence-electron chi connectivity index (χ1n) is 6.93. The molecule has 0 aliphatic carbocycles. The smallest absolute Gasteiger partial charge is 0.243 e. The van der Waals surface area contributed by atoms with Crippen molar-refractivity contribution in [2.45, 2.75) is 11.8 Å². The molecule has 0 bridgehead atoms. The molecule has 2 aliphatic heterocycles. The van der Waals surface area contributed by atoms with Gasteiger partial charge in [0.2, 0.25) is 15.9 Å². The minimum absolute atomic E-state index is 0.0164. The fourth-order valence-corrected chi connectivity index (χ4v) is 4.71. The molecule has 2 fully saturated rings. The van der Waals surface area contributed by atoms with Gasteiger partial charge in [-0.05, 0) is 36.1 Å². The molecule has 1 aromatic rings. The first-order chi connectivity index (χ1) is 9.89. The third-order valence-corrected chi connectivity index (χ3v) is 6.35. The van der Waals surface area contributed by atoms with Crippen LogP contribution in [0.5, 0.6) is 0 Å². The van der Waals surface area contributed by atoms with Crippen LogP contribution < -0.4 is 5.32 Å². The molecule has 114 valence electrons. The molecule has 0 saturated carbocycles. The molecule has 1 aromatic carbocycles. The summed E-state index contributed by atoms with van der Waals surface area (Å²) in [6, 6.07) is 4.84. The quantitative estimate of drug-likeness (QED) is 0.879. The van der Waals surface area contributed by atoms with Gasteiger partial charge in [0.1, 0.15) is 5.82 Å². The first kappa shape index (κ1) is 14.5. The number of hydrogen-bond acceptors (Lipinski definition) is 3. The summed E-state index contributed by atoms with van der Waals surface area (Å²) in [7, 11) is -3.63. The largest absolute Gasteiger partial charge is 0.356 e. The number of carbonyl (C=O) groups is 1. The second-order valence-corrected chi connectivity index (χ2v) is 7.67. The van der Waals surface area contributed by atoms with Crippen molar-refractivity contribution in [1.29, 1.82) is 0 Å². The van der Waals surface area contributed by atoms with Crippen molar-refractivity contribution in [2.75, 3.05) is 19.6 Å². The Hall–Kier alpha value is -1.47. The number of amides is 1. The Bertz CT molecular complexity index is 659. The number of sulfonamides is 1. The van der Waals surface area contributed by atoms with Gasteiger partial charge in [0.25, 0.3) is 0 Å². The number of halogens is 1. The van der Waals surface area contributed by atoms with Gasteiger partial charge < -0.3 is 5.32 Å². The summed E-state index contributed by atoms with van der Waals surface area (Å²) in [6.45, 7) is 3.09. The molecule has 3 atom stereocenters. The van der Waals surface area contributed by atoms with Gasteiger partial charge in [-0.15, -0.1) is 0 Å². The summed E-state index contributed by atoms with van der Waals surface area (Å²) < 4.78 is 39.5. The van der Waals surface area contributed by atoms with Crippen LogP contribution in [0.25, 0.3) is 0 Å². The van der Waals surface area contributed by atoms with Gasteiger partial charge >= 0.3 is 0 Å². The zero-order chi connectivity index (χ0) is 15.2. The normalized spacial score (nSPS) is 30.0. The molecule has 0 unspecified atom stereocenters. The van der Waals surface area contributed by atoms with Crippen molar-refractivity contribution in [3.8, 4) is 0 Å². The van der Waals surface area contributed by atoms with E-state index >= 15 is 0 Å². The van der Waals surface area contributed by atoms with Crippen molar-refractivity contribution >= 4 is 15.9 Å². The van der Waals surface area contributed by atoms with E-state index in [2.05, 4.69) is 5.32 Å². The highest BCUT2D eigenvalue weighted by Crippen LogP contribution is 2.35. The maximum Gasteiger partial charge on any atom is 0.243 e. The van der Waals surface area contributed by atoms with Crippen molar-refractivity contribution in [1.82, 2.24) is 9.62 Å². The van der Waals surface area contributed by atoms with E-state index in [1.165, 1.54) is 16.4 Å². The Morgan fingerprint density at radius 3 is 2.57 bits per heavy atom. The maximum atomic E-state index is 12.9. The Balaban J connectivity index is 1.85. The van der Waals surface area contributed by atoms with Crippen LogP contribution in [-0.4, -0.2) is 38.3 Å². The van der Waals surface area contributed by atoms with Crippen LogP contribution >= 0.6 is 0 Å². The average Bonchev–Trinajstić information content (AvgIpc) is 2.89. The molecule has 2 heterocycles. The number of fused-ring (bicyclic) bond motifs is 1. The molecule has 0 radical (unpaired) electrons. The highest BCUT2D eigenvalue weighted by atomic mass is 32.2. The van der Waals surface area contributed by atoms with Crippen LogP contribution in [-0.2, 0) is 14.8 Å². The third kappa shape index (κ3) is 2.44. The number of nitrogens with zero attached hydrogens (tertiary/aromatic N) is 1. The number of nitrogens with one attached hydrogen (secondary N) is 1. The summed E-state index contributed by atoms with van der Waals surface area (Å²) >= 11 is 0. The Morgan fingerprint density at radius 2 is 1.90 bits per heavy atom. The van der Waals surface area contributed by atoms with E-state index in [4.69, 9.17) is 0 Å². The van der Waals surface area contributed by atoms with Crippen LogP contribution in [0.2, 0.25) is 0 Å². The van der Waals surface area contributed by atoms with E-state index in [0.717, 1.165) is 12.1 Å². The number of hydrogen-bond donors (Lipinski definition) is 1. The van der Waals surface area contributed by atoms with E-state index in [9.17, 15) is 17.6 Å². The summed E-state index contributed by atoms with van der Waals surface area (Å²) in [6.07, 6.45) is 0. The fraction of sp³-hybridized carbons (Fsp3) is 0.500. The summed E-state index contributed by atoms with van der Waals surface area (Å²) in [5.41, 5.74) is 0. The lowest BCUT2D eigenvalue weighted by molar-refractivity contribution is -0.128. The summed E-state index contributed by atoms with van der Waals surface area (Å²) in [4.78, 5) is 11.8. The molecule has 1 N–H and O–H groups in total. The van der Waals surface area contributed by atoms with Crippen LogP contribution in [0, 0.1) is 23.6 Å². The molecule has 0 aromatic heterocycles. The maximum absolute atomic E-state index is 12.9. The SMILES string of the molecule is C[C@@H]1C(=O)NC[C@H]2CN(S(=O)(=O)c3ccc(F)cc3)C[C@H]21. The van der Waals surface area contributed by atoms with Gasteiger partial charge in [0, 0.05) is 25.6 Å². The van der Waals surface area contributed by atoms with Gasteiger partial charge in [0.05, 0.1) is 4.90 Å².